The number of rotatable bonds is 2. The van der Waals surface area contributed by atoms with Crippen LogP contribution >= 0.6 is 22.9 Å². The van der Waals surface area contributed by atoms with E-state index in [1.165, 1.54) is 11.3 Å². The van der Waals surface area contributed by atoms with Gasteiger partial charge in [-0.3, -0.25) is 9.59 Å². The van der Waals surface area contributed by atoms with E-state index in [1.54, 1.807) is 11.6 Å². The molecule has 1 saturated heterocycles. The van der Waals surface area contributed by atoms with Crippen molar-refractivity contribution in [1.82, 2.24) is 10.3 Å². The number of nitrogens with zero attached hydrogens (tertiary/aromatic N) is 1. The Bertz CT molecular complexity index is 670. The van der Waals surface area contributed by atoms with Crippen molar-refractivity contribution in [3.05, 3.63) is 22.7 Å². The third-order valence-electron chi connectivity index (χ3n) is 3.05. The minimum absolute atomic E-state index is 0.0990. The van der Waals surface area contributed by atoms with Crippen LogP contribution in [0, 0.1) is 5.92 Å². The second-order valence-electron chi connectivity index (χ2n) is 4.32. The van der Waals surface area contributed by atoms with Gasteiger partial charge in [0, 0.05) is 13.0 Å². The van der Waals surface area contributed by atoms with Gasteiger partial charge in [-0.15, -0.1) is 11.3 Å². The molecule has 98 valence electrons. The average Bonchev–Trinajstić information content (AvgIpc) is 3.01. The summed E-state index contributed by atoms with van der Waals surface area (Å²) in [6, 6.07) is 3.60. The third-order valence-corrected chi connectivity index (χ3v) is 4.16. The Kier molecular flexibility index (Phi) is 3.12. The highest BCUT2D eigenvalue weighted by atomic mass is 35.5. The van der Waals surface area contributed by atoms with E-state index in [-0.39, 0.29) is 24.2 Å². The Morgan fingerprint density at radius 1 is 1.53 bits per heavy atom. The number of amides is 2. The number of nitrogens with one attached hydrogen (secondary N) is 2. The fourth-order valence-corrected chi connectivity index (χ4v) is 2.93. The van der Waals surface area contributed by atoms with Gasteiger partial charge in [-0.2, -0.15) is 0 Å². The van der Waals surface area contributed by atoms with Crippen molar-refractivity contribution in [2.45, 2.75) is 6.42 Å². The highest BCUT2D eigenvalue weighted by Gasteiger charge is 2.28. The van der Waals surface area contributed by atoms with Gasteiger partial charge < -0.3 is 10.6 Å². The molecule has 0 saturated carbocycles. The molecular weight excluding hydrogens is 286 g/mol. The topological polar surface area (TPSA) is 71.1 Å². The van der Waals surface area contributed by atoms with E-state index < -0.39 is 0 Å². The summed E-state index contributed by atoms with van der Waals surface area (Å²) in [5.41, 5.74) is 2.91. The van der Waals surface area contributed by atoms with Crippen molar-refractivity contribution >= 4 is 50.7 Å². The zero-order valence-electron chi connectivity index (χ0n) is 9.77. The van der Waals surface area contributed by atoms with Crippen LogP contribution in [0.3, 0.4) is 0 Å². The van der Waals surface area contributed by atoms with Gasteiger partial charge in [-0.05, 0) is 12.1 Å². The minimum Gasteiger partial charge on any atom is -0.355 e. The molecule has 1 unspecified atom stereocenters. The molecule has 2 N–H and O–H groups in total. The number of carbonyl (C=O) groups is 2. The van der Waals surface area contributed by atoms with Gasteiger partial charge in [0.2, 0.25) is 11.8 Å². The summed E-state index contributed by atoms with van der Waals surface area (Å²) in [6.07, 6.45) is 0.219. The number of anilines is 1. The summed E-state index contributed by atoms with van der Waals surface area (Å²) in [6.45, 7) is 0.370. The first-order valence-corrected chi connectivity index (χ1v) is 7.00. The van der Waals surface area contributed by atoms with E-state index in [1.807, 2.05) is 6.07 Å². The maximum atomic E-state index is 12.1. The van der Waals surface area contributed by atoms with Crippen molar-refractivity contribution in [3.8, 4) is 0 Å². The van der Waals surface area contributed by atoms with E-state index >= 15 is 0 Å². The molecule has 2 aromatic rings. The van der Waals surface area contributed by atoms with E-state index in [0.29, 0.717) is 22.8 Å². The highest BCUT2D eigenvalue weighted by Crippen LogP contribution is 2.32. The molecular formula is C12H10ClN3O2S. The van der Waals surface area contributed by atoms with Crippen LogP contribution in [-0.4, -0.2) is 23.3 Å². The largest absolute Gasteiger partial charge is 0.355 e. The molecule has 1 aliphatic heterocycles. The maximum absolute atomic E-state index is 12.1. The van der Waals surface area contributed by atoms with Gasteiger partial charge in [0.1, 0.15) is 5.52 Å². The van der Waals surface area contributed by atoms with Crippen LogP contribution in [0.1, 0.15) is 6.42 Å². The Balaban J connectivity index is 1.88. The monoisotopic (exact) mass is 295 g/mol. The zero-order valence-corrected chi connectivity index (χ0v) is 11.3. The molecule has 1 aliphatic rings. The molecule has 7 heteroatoms. The second-order valence-corrected chi connectivity index (χ2v) is 5.61. The van der Waals surface area contributed by atoms with E-state index in [9.17, 15) is 9.59 Å². The Hall–Kier alpha value is -1.66. The van der Waals surface area contributed by atoms with Crippen LogP contribution in [0.2, 0.25) is 5.02 Å². The van der Waals surface area contributed by atoms with Gasteiger partial charge >= 0.3 is 0 Å². The number of hydrogen-bond acceptors (Lipinski definition) is 4. The average molecular weight is 296 g/mol. The first kappa shape index (κ1) is 12.4. The lowest BCUT2D eigenvalue weighted by Gasteiger charge is -2.11. The number of carbonyl (C=O) groups excluding carboxylic acids is 2. The molecule has 1 aromatic heterocycles. The van der Waals surface area contributed by atoms with Crippen molar-refractivity contribution in [2.24, 2.45) is 5.92 Å². The van der Waals surface area contributed by atoms with Crippen molar-refractivity contribution in [3.63, 3.8) is 0 Å². The molecule has 1 atom stereocenters. The molecule has 2 heterocycles. The van der Waals surface area contributed by atoms with Crippen LogP contribution in [0.4, 0.5) is 5.69 Å². The number of benzene rings is 1. The fourth-order valence-electron chi connectivity index (χ4n) is 2.04. The zero-order chi connectivity index (χ0) is 13.4. The minimum atomic E-state index is -0.350. The van der Waals surface area contributed by atoms with Crippen LogP contribution < -0.4 is 10.6 Å². The van der Waals surface area contributed by atoms with Gasteiger partial charge in [0.25, 0.3) is 0 Å². The summed E-state index contributed by atoms with van der Waals surface area (Å²) in [7, 11) is 0. The summed E-state index contributed by atoms with van der Waals surface area (Å²) < 4.78 is 0.959. The molecule has 1 aromatic carbocycles. The molecule has 0 spiro atoms. The van der Waals surface area contributed by atoms with Crippen LogP contribution in [-0.2, 0) is 9.59 Å². The van der Waals surface area contributed by atoms with Gasteiger partial charge in [-0.25, -0.2) is 4.98 Å². The number of thiazole rings is 1. The number of hydrogen-bond donors (Lipinski definition) is 2. The lowest BCUT2D eigenvalue weighted by molar-refractivity contribution is -0.123. The first-order valence-electron chi connectivity index (χ1n) is 5.74. The number of halogens is 1. The predicted molar refractivity (Wildman–Crippen MR) is 74.4 cm³/mol. The van der Waals surface area contributed by atoms with E-state index in [0.717, 1.165) is 4.70 Å². The second kappa shape index (κ2) is 4.79. The quantitative estimate of drug-likeness (QED) is 0.890. The van der Waals surface area contributed by atoms with Crippen LogP contribution in [0.25, 0.3) is 10.2 Å². The van der Waals surface area contributed by atoms with Crippen molar-refractivity contribution < 1.29 is 9.59 Å². The van der Waals surface area contributed by atoms with E-state index in [4.69, 9.17) is 11.6 Å². The van der Waals surface area contributed by atoms with Gasteiger partial charge in [0.15, 0.2) is 0 Å². The van der Waals surface area contributed by atoms with Crippen molar-refractivity contribution in [1.29, 1.82) is 0 Å². The predicted octanol–water partition coefficient (Wildman–Crippen LogP) is 2.02. The number of aromatic nitrogens is 1. The summed E-state index contributed by atoms with van der Waals surface area (Å²) >= 11 is 7.59. The summed E-state index contributed by atoms with van der Waals surface area (Å²) in [5, 5.41) is 5.87. The summed E-state index contributed by atoms with van der Waals surface area (Å²) in [4.78, 5) is 27.4. The molecule has 1 fully saturated rings. The molecule has 19 heavy (non-hydrogen) atoms. The Morgan fingerprint density at radius 2 is 2.37 bits per heavy atom. The SMILES string of the molecule is O=C1CC(C(=O)Nc2c(Cl)ccc3scnc23)CN1. The molecule has 3 rings (SSSR count). The van der Waals surface area contributed by atoms with Gasteiger partial charge in [0.05, 0.1) is 26.8 Å². The highest BCUT2D eigenvalue weighted by molar-refractivity contribution is 7.16. The molecule has 2 amide bonds. The molecule has 5 nitrogen and oxygen atoms in total. The lowest BCUT2D eigenvalue weighted by Crippen LogP contribution is -2.24. The van der Waals surface area contributed by atoms with Crippen LogP contribution in [0.15, 0.2) is 17.6 Å². The van der Waals surface area contributed by atoms with Crippen molar-refractivity contribution in [2.75, 3.05) is 11.9 Å². The lowest BCUT2D eigenvalue weighted by atomic mass is 10.1. The van der Waals surface area contributed by atoms with E-state index in [2.05, 4.69) is 15.6 Å². The Morgan fingerprint density at radius 3 is 3.11 bits per heavy atom. The molecule has 0 aliphatic carbocycles. The standard InChI is InChI=1S/C12H10ClN3O2S/c13-7-1-2-8-11(15-5-19-8)10(7)16-12(18)6-3-9(17)14-4-6/h1-2,5-6H,3-4H2,(H,14,17)(H,16,18). The fraction of sp³-hybridized carbons (Fsp3) is 0.250. The number of fused-ring (bicyclic) bond motifs is 1. The maximum Gasteiger partial charge on any atom is 0.229 e. The summed E-state index contributed by atoms with van der Waals surface area (Å²) in [5.74, 6) is -0.656. The molecule has 0 radical (unpaired) electrons. The smallest absolute Gasteiger partial charge is 0.229 e. The molecule has 0 bridgehead atoms. The third kappa shape index (κ3) is 2.29. The normalized spacial score (nSPS) is 18.6. The van der Waals surface area contributed by atoms with Crippen LogP contribution in [0.5, 0.6) is 0 Å². The Labute approximate surface area is 118 Å². The van der Waals surface area contributed by atoms with Gasteiger partial charge in [-0.1, -0.05) is 11.6 Å². The first-order chi connectivity index (χ1) is 9.15.